The molecule has 0 atom stereocenters. The van der Waals surface area contributed by atoms with E-state index in [9.17, 15) is 9.59 Å². The first-order valence-corrected chi connectivity index (χ1v) is 5.84. The summed E-state index contributed by atoms with van der Waals surface area (Å²) < 4.78 is 0.653. The van der Waals surface area contributed by atoms with E-state index in [4.69, 9.17) is 5.11 Å². The molecule has 82 valence electrons. The second-order valence-electron chi connectivity index (χ2n) is 2.55. The van der Waals surface area contributed by atoms with Crippen LogP contribution in [-0.4, -0.2) is 32.9 Å². The summed E-state index contributed by atoms with van der Waals surface area (Å²) in [7, 11) is 0. The smallest absolute Gasteiger partial charge is 0.304 e. The molecule has 1 amide bonds. The Morgan fingerprint density at radius 3 is 2.87 bits per heavy atom. The van der Waals surface area contributed by atoms with Crippen molar-refractivity contribution in [2.45, 2.75) is 17.7 Å². The standard InChI is InChI=1S/C7H9N3O3S2/c1-4(11)8-6-9-10-7(15-6)14-3-2-5(12)13/h2-3H2,1H3,(H,12,13)(H,8,9,11). The topological polar surface area (TPSA) is 92.2 Å². The maximum Gasteiger partial charge on any atom is 0.304 e. The van der Waals surface area contributed by atoms with Gasteiger partial charge in [-0.3, -0.25) is 9.59 Å². The van der Waals surface area contributed by atoms with E-state index in [0.29, 0.717) is 15.2 Å². The van der Waals surface area contributed by atoms with E-state index in [1.54, 1.807) is 0 Å². The maximum atomic E-state index is 10.7. The number of nitrogens with one attached hydrogen (secondary N) is 1. The van der Waals surface area contributed by atoms with Crippen LogP contribution < -0.4 is 5.32 Å². The number of thioether (sulfide) groups is 1. The van der Waals surface area contributed by atoms with Crippen LogP contribution in [0.3, 0.4) is 0 Å². The Morgan fingerprint density at radius 2 is 2.27 bits per heavy atom. The molecule has 1 heterocycles. The molecule has 0 bridgehead atoms. The van der Waals surface area contributed by atoms with Crippen molar-refractivity contribution in [1.82, 2.24) is 10.2 Å². The van der Waals surface area contributed by atoms with Gasteiger partial charge in [0.1, 0.15) is 0 Å². The second-order valence-corrected chi connectivity index (χ2v) is 4.87. The number of rotatable bonds is 5. The van der Waals surface area contributed by atoms with Crippen molar-refractivity contribution in [3.05, 3.63) is 0 Å². The molecule has 8 heteroatoms. The number of hydrogen-bond acceptors (Lipinski definition) is 6. The van der Waals surface area contributed by atoms with E-state index in [-0.39, 0.29) is 12.3 Å². The molecular formula is C7H9N3O3S2. The van der Waals surface area contributed by atoms with Crippen molar-refractivity contribution in [2.75, 3.05) is 11.1 Å². The van der Waals surface area contributed by atoms with Gasteiger partial charge in [-0.1, -0.05) is 23.1 Å². The average molecular weight is 247 g/mol. The van der Waals surface area contributed by atoms with Crippen LogP contribution in [0.1, 0.15) is 13.3 Å². The lowest BCUT2D eigenvalue weighted by Gasteiger charge is -1.92. The summed E-state index contributed by atoms with van der Waals surface area (Å²) in [5.74, 6) is -0.591. The Kier molecular flexibility index (Phi) is 4.50. The summed E-state index contributed by atoms with van der Waals surface area (Å²) in [5.41, 5.74) is 0. The summed E-state index contributed by atoms with van der Waals surface area (Å²) in [4.78, 5) is 20.9. The molecule has 0 radical (unpaired) electrons. The predicted octanol–water partition coefficient (Wildman–Crippen LogP) is 1.06. The highest BCUT2D eigenvalue weighted by Crippen LogP contribution is 2.25. The number of carboxylic acids is 1. The van der Waals surface area contributed by atoms with Crippen LogP contribution in [0.5, 0.6) is 0 Å². The van der Waals surface area contributed by atoms with E-state index in [2.05, 4.69) is 15.5 Å². The molecule has 0 aliphatic carbocycles. The monoisotopic (exact) mass is 247 g/mol. The van der Waals surface area contributed by atoms with Gasteiger partial charge in [-0.2, -0.15) is 0 Å². The quantitative estimate of drug-likeness (QED) is 0.597. The Morgan fingerprint density at radius 1 is 1.53 bits per heavy atom. The number of carboxylic acid groups (broad SMARTS) is 1. The third-order valence-corrected chi connectivity index (χ3v) is 3.20. The summed E-state index contributed by atoms with van der Waals surface area (Å²) >= 11 is 2.54. The summed E-state index contributed by atoms with van der Waals surface area (Å²) in [6.07, 6.45) is 0.0831. The summed E-state index contributed by atoms with van der Waals surface area (Å²) in [6.45, 7) is 1.39. The first-order valence-electron chi connectivity index (χ1n) is 4.03. The van der Waals surface area contributed by atoms with Crippen molar-refractivity contribution >= 4 is 40.1 Å². The van der Waals surface area contributed by atoms with Gasteiger partial charge in [-0.15, -0.1) is 10.2 Å². The highest BCUT2D eigenvalue weighted by molar-refractivity contribution is 8.01. The number of aromatic nitrogens is 2. The van der Waals surface area contributed by atoms with Crippen LogP contribution in [0.25, 0.3) is 0 Å². The normalized spacial score (nSPS) is 9.93. The fourth-order valence-electron chi connectivity index (χ4n) is 0.695. The number of nitrogens with zero attached hydrogens (tertiary/aromatic N) is 2. The summed E-state index contributed by atoms with van der Waals surface area (Å²) in [6, 6.07) is 0. The molecule has 0 spiro atoms. The van der Waals surface area contributed by atoms with Crippen molar-refractivity contribution in [1.29, 1.82) is 0 Å². The van der Waals surface area contributed by atoms with Gasteiger partial charge in [0.25, 0.3) is 0 Å². The fourth-order valence-corrected chi connectivity index (χ4v) is 2.49. The molecule has 2 N–H and O–H groups in total. The molecule has 0 aliphatic heterocycles. The van der Waals surface area contributed by atoms with Crippen LogP contribution in [0.4, 0.5) is 5.13 Å². The van der Waals surface area contributed by atoms with Crippen molar-refractivity contribution < 1.29 is 14.7 Å². The minimum atomic E-state index is -0.839. The molecule has 6 nitrogen and oxygen atoms in total. The number of carbonyl (C=O) groups excluding carboxylic acids is 1. The largest absolute Gasteiger partial charge is 0.481 e. The fraction of sp³-hybridized carbons (Fsp3) is 0.429. The SMILES string of the molecule is CC(=O)Nc1nnc(SCCC(=O)O)s1. The first kappa shape index (κ1) is 11.9. The zero-order valence-electron chi connectivity index (χ0n) is 7.89. The van der Waals surface area contributed by atoms with Gasteiger partial charge in [-0.05, 0) is 0 Å². The zero-order valence-corrected chi connectivity index (χ0v) is 9.52. The van der Waals surface area contributed by atoms with Crippen molar-refractivity contribution in [3.63, 3.8) is 0 Å². The van der Waals surface area contributed by atoms with E-state index in [0.717, 1.165) is 0 Å². The highest BCUT2D eigenvalue weighted by Gasteiger charge is 2.06. The molecule has 0 saturated heterocycles. The third kappa shape index (κ3) is 4.75. The van der Waals surface area contributed by atoms with Gasteiger partial charge in [0.05, 0.1) is 6.42 Å². The Labute approximate surface area is 94.1 Å². The van der Waals surface area contributed by atoms with Crippen molar-refractivity contribution in [3.8, 4) is 0 Å². The van der Waals surface area contributed by atoms with Gasteiger partial charge in [0.2, 0.25) is 11.0 Å². The number of hydrogen-bond donors (Lipinski definition) is 2. The Bertz CT molecular complexity index is 366. The number of aliphatic carboxylic acids is 1. The van der Waals surface area contributed by atoms with Crippen LogP contribution >= 0.6 is 23.1 Å². The van der Waals surface area contributed by atoms with Gasteiger partial charge in [0.15, 0.2) is 4.34 Å². The van der Waals surface area contributed by atoms with Crippen LogP contribution in [0.15, 0.2) is 4.34 Å². The number of anilines is 1. The minimum absolute atomic E-state index is 0.0831. The van der Waals surface area contributed by atoms with E-state index >= 15 is 0 Å². The minimum Gasteiger partial charge on any atom is -0.481 e. The highest BCUT2D eigenvalue weighted by atomic mass is 32.2. The molecule has 1 aromatic heterocycles. The predicted molar refractivity (Wildman–Crippen MR) is 57.2 cm³/mol. The number of carbonyl (C=O) groups is 2. The molecule has 1 aromatic rings. The van der Waals surface area contributed by atoms with E-state index < -0.39 is 5.97 Å². The third-order valence-electron chi connectivity index (χ3n) is 1.23. The maximum absolute atomic E-state index is 10.7. The molecule has 15 heavy (non-hydrogen) atoms. The lowest BCUT2D eigenvalue weighted by atomic mass is 10.5. The molecule has 1 rings (SSSR count). The first-order chi connectivity index (χ1) is 7.08. The lowest BCUT2D eigenvalue weighted by Crippen LogP contribution is -2.04. The molecular weight excluding hydrogens is 238 g/mol. The molecule has 0 aliphatic rings. The second kappa shape index (κ2) is 5.66. The van der Waals surface area contributed by atoms with E-state index in [1.165, 1.54) is 30.0 Å². The Hall–Kier alpha value is -1.15. The van der Waals surface area contributed by atoms with Gasteiger partial charge < -0.3 is 10.4 Å². The van der Waals surface area contributed by atoms with Gasteiger partial charge in [-0.25, -0.2) is 0 Å². The Balaban J connectivity index is 2.39. The molecule has 0 unspecified atom stereocenters. The van der Waals surface area contributed by atoms with Crippen LogP contribution in [0.2, 0.25) is 0 Å². The number of amides is 1. The van der Waals surface area contributed by atoms with Crippen LogP contribution in [0, 0.1) is 0 Å². The molecule has 0 aromatic carbocycles. The van der Waals surface area contributed by atoms with E-state index in [1.807, 2.05) is 0 Å². The molecule has 0 fully saturated rings. The molecule has 0 saturated carbocycles. The zero-order chi connectivity index (χ0) is 11.3. The van der Waals surface area contributed by atoms with Crippen LogP contribution in [-0.2, 0) is 9.59 Å². The summed E-state index contributed by atoms with van der Waals surface area (Å²) in [5, 5.41) is 18.9. The van der Waals surface area contributed by atoms with Gasteiger partial charge in [0, 0.05) is 12.7 Å². The lowest BCUT2D eigenvalue weighted by molar-refractivity contribution is -0.136. The average Bonchev–Trinajstić information content (AvgIpc) is 2.50. The van der Waals surface area contributed by atoms with Crippen molar-refractivity contribution in [2.24, 2.45) is 0 Å². The van der Waals surface area contributed by atoms with Gasteiger partial charge >= 0.3 is 5.97 Å².